The van der Waals surface area contributed by atoms with E-state index >= 15 is 0 Å². The summed E-state index contributed by atoms with van der Waals surface area (Å²) in [6.07, 6.45) is -0.778. The summed E-state index contributed by atoms with van der Waals surface area (Å²) in [4.78, 5) is 0. The highest BCUT2D eigenvalue weighted by Crippen LogP contribution is 2.42. The molecule has 2 heterocycles. The standard InChI is InChI=1S/C19H26O6/c1-4-10-19(21,12-20)16-14(22-11-13-8-6-5-7-9-13)15-17(23-16)25-18(2,3)24-15/h4-9,14-17,20-21H,1,10-12H2,2-3H3/t14-,15-,16+,17-,19-/m1/s1. The van der Waals surface area contributed by atoms with Crippen LogP contribution in [0.1, 0.15) is 25.8 Å². The van der Waals surface area contributed by atoms with Gasteiger partial charge in [-0.1, -0.05) is 36.4 Å². The van der Waals surface area contributed by atoms with Crippen molar-refractivity contribution in [2.75, 3.05) is 6.61 Å². The normalized spacial score (nSPS) is 33.0. The minimum absolute atomic E-state index is 0.169. The van der Waals surface area contributed by atoms with E-state index in [2.05, 4.69) is 6.58 Å². The number of rotatable bonds is 7. The van der Waals surface area contributed by atoms with Gasteiger partial charge in [0, 0.05) is 0 Å². The number of aliphatic hydroxyl groups excluding tert-OH is 1. The minimum Gasteiger partial charge on any atom is -0.393 e. The van der Waals surface area contributed by atoms with Crippen LogP contribution in [-0.4, -0.2) is 52.8 Å². The van der Waals surface area contributed by atoms with Gasteiger partial charge >= 0.3 is 0 Å². The highest BCUT2D eigenvalue weighted by atomic mass is 16.8. The van der Waals surface area contributed by atoms with E-state index in [1.807, 2.05) is 30.3 Å². The van der Waals surface area contributed by atoms with Gasteiger partial charge in [0.25, 0.3) is 0 Å². The molecule has 1 aromatic rings. The molecular formula is C19H26O6. The first-order valence-electron chi connectivity index (χ1n) is 8.49. The van der Waals surface area contributed by atoms with Crippen LogP contribution in [0.3, 0.4) is 0 Å². The molecule has 2 aliphatic rings. The van der Waals surface area contributed by atoms with Gasteiger partial charge in [-0.25, -0.2) is 0 Å². The van der Waals surface area contributed by atoms with Crippen LogP contribution in [0.15, 0.2) is 43.0 Å². The maximum Gasteiger partial charge on any atom is 0.190 e. The molecule has 2 fully saturated rings. The first kappa shape index (κ1) is 18.5. The fourth-order valence-electron chi connectivity index (χ4n) is 3.38. The molecule has 2 aliphatic heterocycles. The Morgan fingerprint density at radius 3 is 2.64 bits per heavy atom. The Kier molecular flexibility index (Phi) is 5.29. The number of fused-ring (bicyclic) bond motifs is 1. The fourth-order valence-corrected chi connectivity index (χ4v) is 3.38. The van der Waals surface area contributed by atoms with Gasteiger partial charge < -0.3 is 29.2 Å². The quantitative estimate of drug-likeness (QED) is 0.730. The summed E-state index contributed by atoms with van der Waals surface area (Å²) < 4.78 is 23.7. The highest BCUT2D eigenvalue weighted by molar-refractivity contribution is 5.14. The van der Waals surface area contributed by atoms with Crippen LogP contribution in [-0.2, 0) is 25.6 Å². The lowest BCUT2D eigenvalue weighted by atomic mass is 9.89. The Morgan fingerprint density at radius 1 is 1.28 bits per heavy atom. The molecule has 0 unspecified atom stereocenters. The van der Waals surface area contributed by atoms with E-state index in [9.17, 15) is 10.2 Å². The minimum atomic E-state index is -1.51. The fraction of sp³-hybridized carbons (Fsp3) is 0.579. The number of aliphatic hydroxyl groups is 2. The van der Waals surface area contributed by atoms with Gasteiger partial charge in [-0.15, -0.1) is 6.58 Å². The molecular weight excluding hydrogens is 324 g/mol. The van der Waals surface area contributed by atoms with Crippen molar-refractivity contribution in [2.24, 2.45) is 0 Å². The van der Waals surface area contributed by atoms with Crippen LogP contribution in [0.4, 0.5) is 0 Å². The summed E-state index contributed by atoms with van der Waals surface area (Å²) >= 11 is 0. The molecule has 0 saturated carbocycles. The van der Waals surface area contributed by atoms with Gasteiger partial charge in [0.15, 0.2) is 12.1 Å². The first-order chi connectivity index (χ1) is 11.9. The molecule has 0 amide bonds. The third-order valence-electron chi connectivity index (χ3n) is 4.58. The van der Waals surface area contributed by atoms with Crippen molar-refractivity contribution in [3.63, 3.8) is 0 Å². The lowest BCUT2D eigenvalue weighted by Crippen LogP contribution is -2.53. The summed E-state index contributed by atoms with van der Waals surface area (Å²) in [5.74, 6) is -0.787. The summed E-state index contributed by atoms with van der Waals surface area (Å²) in [5, 5.41) is 20.6. The van der Waals surface area contributed by atoms with Crippen molar-refractivity contribution in [3.05, 3.63) is 48.6 Å². The number of hydrogen-bond donors (Lipinski definition) is 2. The highest BCUT2D eigenvalue weighted by Gasteiger charge is 2.60. The molecule has 6 nitrogen and oxygen atoms in total. The monoisotopic (exact) mass is 350 g/mol. The third-order valence-corrected chi connectivity index (χ3v) is 4.58. The second-order valence-electron chi connectivity index (χ2n) is 7.04. The van der Waals surface area contributed by atoms with E-state index in [0.717, 1.165) is 5.56 Å². The van der Waals surface area contributed by atoms with Gasteiger partial charge in [-0.2, -0.15) is 0 Å². The summed E-state index contributed by atoms with van der Waals surface area (Å²) in [7, 11) is 0. The molecule has 2 N–H and O–H groups in total. The van der Waals surface area contributed by atoms with Crippen LogP contribution in [0, 0.1) is 0 Å². The average Bonchev–Trinajstić information content (AvgIpc) is 3.06. The van der Waals surface area contributed by atoms with Crippen molar-refractivity contribution in [1.29, 1.82) is 0 Å². The van der Waals surface area contributed by atoms with E-state index < -0.39 is 42.6 Å². The van der Waals surface area contributed by atoms with Crippen molar-refractivity contribution in [3.8, 4) is 0 Å². The summed E-state index contributed by atoms with van der Waals surface area (Å²) in [6.45, 7) is 7.13. The maximum atomic E-state index is 10.8. The SMILES string of the molecule is C=CC[C@@](O)(CO)[C@H]1O[C@@H]2OC(C)(C)O[C@@H]2[C@H]1OCc1ccccc1. The van der Waals surface area contributed by atoms with E-state index in [1.165, 1.54) is 0 Å². The molecule has 1 aromatic carbocycles. The van der Waals surface area contributed by atoms with Gasteiger partial charge in [0.05, 0.1) is 13.2 Å². The smallest absolute Gasteiger partial charge is 0.190 e. The van der Waals surface area contributed by atoms with E-state index in [1.54, 1.807) is 19.9 Å². The van der Waals surface area contributed by atoms with E-state index in [0.29, 0.717) is 6.61 Å². The molecule has 6 heteroatoms. The predicted molar refractivity (Wildman–Crippen MR) is 90.6 cm³/mol. The lowest BCUT2D eigenvalue weighted by molar-refractivity contribution is -0.248. The van der Waals surface area contributed by atoms with Crippen LogP contribution < -0.4 is 0 Å². The molecule has 0 aromatic heterocycles. The number of benzene rings is 1. The van der Waals surface area contributed by atoms with E-state index in [4.69, 9.17) is 18.9 Å². The maximum absolute atomic E-state index is 10.8. The van der Waals surface area contributed by atoms with Crippen molar-refractivity contribution >= 4 is 0 Å². The zero-order valence-corrected chi connectivity index (χ0v) is 14.6. The van der Waals surface area contributed by atoms with E-state index in [-0.39, 0.29) is 6.42 Å². The van der Waals surface area contributed by atoms with Crippen LogP contribution in [0.5, 0.6) is 0 Å². The Morgan fingerprint density at radius 2 is 2.00 bits per heavy atom. The largest absolute Gasteiger partial charge is 0.393 e. The molecule has 138 valence electrons. The van der Waals surface area contributed by atoms with Crippen LogP contribution in [0.2, 0.25) is 0 Å². The molecule has 2 saturated heterocycles. The second-order valence-corrected chi connectivity index (χ2v) is 7.04. The average molecular weight is 350 g/mol. The van der Waals surface area contributed by atoms with Crippen molar-refractivity contribution in [1.82, 2.24) is 0 Å². The Labute approximate surface area is 148 Å². The predicted octanol–water partition coefficient (Wildman–Crippen LogP) is 1.75. The first-order valence-corrected chi connectivity index (χ1v) is 8.49. The van der Waals surface area contributed by atoms with Gasteiger partial charge in [-0.05, 0) is 25.8 Å². The van der Waals surface area contributed by atoms with Crippen molar-refractivity contribution in [2.45, 2.75) is 62.9 Å². The van der Waals surface area contributed by atoms with Crippen LogP contribution >= 0.6 is 0 Å². The molecule has 5 atom stereocenters. The lowest BCUT2D eigenvalue weighted by Gasteiger charge is -2.36. The van der Waals surface area contributed by atoms with Gasteiger partial charge in [0.2, 0.25) is 0 Å². The Bertz CT molecular complexity index is 589. The Hall–Kier alpha value is -1.28. The third kappa shape index (κ3) is 3.79. The number of ether oxygens (including phenoxy) is 4. The zero-order valence-electron chi connectivity index (χ0n) is 14.6. The topological polar surface area (TPSA) is 77.4 Å². The summed E-state index contributed by atoms with van der Waals surface area (Å²) in [6, 6.07) is 9.72. The molecule has 0 spiro atoms. The molecule has 0 radical (unpaired) electrons. The molecule has 0 bridgehead atoms. The van der Waals surface area contributed by atoms with Gasteiger partial charge in [-0.3, -0.25) is 0 Å². The van der Waals surface area contributed by atoms with Crippen LogP contribution in [0.25, 0.3) is 0 Å². The van der Waals surface area contributed by atoms with Crippen molar-refractivity contribution < 1.29 is 29.2 Å². The second kappa shape index (κ2) is 7.15. The van der Waals surface area contributed by atoms with Gasteiger partial charge in [0.1, 0.15) is 23.9 Å². The molecule has 25 heavy (non-hydrogen) atoms. The molecule has 0 aliphatic carbocycles. The summed E-state index contributed by atoms with van der Waals surface area (Å²) in [5.41, 5.74) is -0.510. The Balaban J connectivity index is 1.80. The number of hydrogen-bond acceptors (Lipinski definition) is 6. The molecule has 3 rings (SSSR count). The zero-order chi connectivity index (χ0) is 18.1.